The highest BCUT2D eigenvalue weighted by molar-refractivity contribution is 6.12. The van der Waals surface area contributed by atoms with Crippen LogP contribution in [0, 0.1) is 6.92 Å². The standard InChI is InChI=1S/C30H31N9O5/c1-16-7-5-8-17-9-6-12-19(23(16)17)25(41)34-21-14-39-27(32)33-20(24-29(39,30(21,43)44)36-26(31)35-24)13-38-22(40)15-37(28(38)42)18-10-3-2-4-11-18/h2-12,20-21,24,43-44H,13-15H2,1H3,(H2,32,33)(H,34,41)(H3,31,35,36)/p+1/t20-,21?,24-,29-/m0/s1. The molecule has 226 valence electrons. The van der Waals surface area contributed by atoms with Crippen molar-refractivity contribution in [2.75, 3.05) is 24.5 Å². The maximum Gasteiger partial charge on any atom is 0.343 e. The van der Waals surface area contributed by atoms with Gasteiger partial charge in [0.05, 0.1) is 13.1 Å². The van der Waals surface area contributed by atoms with Crippen LogP contribution in [0.3, 0.4) is 0 Å². The average Bonchev–Trinajstić information content (AvgIpc) is 3.58. The highest BCUT2D eigenvalue weighted by Gasteiger charge is 2.76. The second-order valence-corrected chi connectivity index (χ2v) is 11.5. The van der Waals surface area contributed by atoms with Gasteiger partial charge in [-0.1, -0.05) is 48.5 Å². The predicted molar refractivity (Wildman–Crippen MR) is 160 cm³/mol. The van der Waals surface area contributed by atoms with Crippen LogP contribution in [0.25, 0.3) is 10.8 Å². The minimum atomic E-state index is -2.64. The Kier molecular flexibility index (Phi) is 6.06. The predicted octanol–water partition coefficient (Wildman–Crippen LogP) is -2.53. The molecular formula is C30H32N9O5+. The van der Waals surface area contributed by atoms with Crippen molar-refractivity contribution >= 4 is 46.2 Å². The van der Waals surface area contributed by atoms with E-state index in [1.54, 1.807) is 36.4 Å². The first kappa shape index (κ1) is 27.6. The molecule has 7 rings (SSSR count). The summed E-state index contributed by atoms with van der Waals surface area (Å²) in [4.78, 5) is 51.5. The van der Waals surface area contributed by atoms with Gasteiger partial charge in [-0.15, -0.1) is 0 Å². The van der Waals surface area contributed by atoms with E-state index in [0.29, 0.717) is 11.3 Å². The zero-order chi connectivity index (χ0) is 31.0. The van der Waals surface area contributed by atoms with Gasteiger partial charge in [-0.05, 0) is 41.5 Å². The van der Waals surface area contributed by atoms with Gasteiger partial charge in [-0.25, -0.2) is 15.1 Å². The molecule has 4 amide bonds. The molecule has 2 fully saturated rings. The fraction of sp³-hybridized carbons (Fsp3) is 0.300. The molecule has 0 aliphatic carbocycles. The number of aryl methyl sites for hydroxylation is 1. The maximum absolute atomic E-state index is 13.6. The number of carbonyl (C=O) groups is 3. The number of para-hydroxylation sites is 1. The highest BCUT2D eigenvalue weighted by Crippen LogP contribution is 2.41. The molecule has 14 heteroatoms. The summed E-state index contributed by atoms with van der Waals surface area (Å²) in [5, 5.41) is 31.1. The number of imide groups is 1. The molecule has 2 saturated heterocycles. The summed E-state index contributed by atoms with van der Waals surface area (Å²) >= 11 is 0. The SMILES string of the molecule is Cc1cccc2cccc(C(=O)NC3CN4C(N)=N[C@@H](CN5C(=O)CN(c6ccccc6)C5=O)[C@@H]5[NH+]=C(N)N[C@@]54C3(O)O)c12. The smallest absolute Gasteiger partial charge is 0.343 e. The number of nitrogens with one attached hydrogen (secondary N) is 3. The van der Waals surface area contributed by atoms with Crippen LogP contribution in [0.15, 0.2) is 71.7 Å². The Morgan fingerprint density at radius 2 is 1.82 bits per heavy atom. The van der Waals surface area contributed by atoms with Gasteiger partial charge in [0.1, 0.15) is 18.6 Å². The maximum atomic E-state index is 13.6. The lowest BCUT2D eigenvalue weighted by atomic mass is 9.84. The Labute approximate surface area is 251 Å². The lowest BCUT2D eigenvalue weighted by Crippen LogP contribution is -2.90. The molecule has 14 nitrogen and oxygen atoms in total. The number of hydrogen-bond donors (Lipinski definition) is 7. The number of urea groups is 1. The lowest BCUT2D eigenvalue weighted by molar-refractivity contribution is -0.521. The largest absolute Gasteiger partial charge is 0.370 e. The summed E-state index contributed by atoms with van der Waals surface area (Å²) in [7, 11) is 0. The third kappa shape index (κ3) is 3.84. The third-order valence-electron chi connectivity index (χ3n) is 9.04. The van der Waals surface area contributed by atoms with Crippen molar-refractivity contribution in [1.82, 2.24) is 20.4 Å². The Morgan fingerprint density at radius 1 is 1.09 bits per heavy atom. The highest BCUT2D eigenvalue weighted by atomic mass is 16.5. The molecule has 4 aliphatic rings. The molecule has 0 radical (unpaired) electrons. The Morgan fingerprint density at radius 3 is 2.57 bits per heavy atom. The van der Waals surface area contributed by atoms with E-state index in [1.807, 2.05) is 37.3 Å². The number of aliphatic imine (C=N–C) groups is 1. The van der Waals surface area contributed by atoms with Crippen LogP contribution in [0.2, 0.25) is 0 Å². The van der Waals surface area contributed by atoms with Crippen molar-refractivity contribution in [3.63, 3.8) is 0 Å². The first-order valence-electron chi connectivity index (χ1n) is 14.2. The Hall–Kier alpha value is -5.21. The number of nitrogens with zero attached hydrogens (tertiary/aromatic N) is 4. The number of fused-ring (bicyclic) bond motifs is 1. The molecule has 0 bridgehead atoms. The zero-order valence-electron chi connectivity index (χ0n) is 23.8. The second-order valence-electron chi connectivity index (χ2n) is 11.5. The van der Waals surface area contributed by atoms with Gasteiger partial charge in [0, 0.05) is 11.3 Å². The first-order chi connectivity index (χ1) is 21.0. The van der Waals surface area contributed by atoms with Gasteiger partial charge in [0.15, 0.2) is 12.0 Å². The van der Waals surface area contributed by atoms with Crippen LogP contribution in [0.1, 0.15) is 15.9 Å². The molecule has 3 aromatic rings. The van der Waals surface area contributed by atoms with E-state index in [4.69, 9.17) is 11.5 Å². The molecule has 4 heterocycles. The molecule has 4 aliphatic heterocycles. The molecular weight excluding hydrogens is 566 g/mol. The number of anilines is 1. The number of carbonyl (C=O) groups excluding carboxylic acids is 3. The van der Waals surface area contributed by atoms with E-state index < -0.39 is 47.4 Å². The summed E-state index contributed by atoms with van der Waals surface area (Å²) in [5.74, 6) is -3.63. The van der Waals surface area contributed by atoms with E-state index in [0.717, 1.165) is 21.2 Å². The van der Waals surface area contributed by atoms with Crippen LogP contribution in [-0.2, 0) is 4.79 Å². The molecule has 4 atom stereocenters. The topological polar surface area (TPSA) is 204 Å². The number of nitrogens with two attached hydrogens (primary N) is 2. The van der Waals surface area contributed by atoms with Crippen LogP contribution in [0.5, 0.6) is 0 Å². The molecule has 1 spiro atoms. The minimum Gasteiger partial charge on any atom is -0.370 e. The van der Waals surface area contributed by atoms with Crippen molar-refractivity contribution in [2.24, 2.45) is 16.5 Å². The summed E-state index contributed by atoms with van der Waals surface area (Å²) in [6, 6.07) is 16.2. The van der Waals surface area contributed by atoms with E-state index in [9.17, 15) is 24.6 Å². The number of aliphatic hydroxyl groups is 2. The Balaban J connectivity index is 1.19. The summed E-state index contributed by atoms with van der Waals surface area (Å²) in [5.41, 5.74) is 12.6. The van der Waals surface area contributed by atoms with Gasteiger partial charge >= 0.3 is 12.0 Å². The average molecular weight is 599 g/mol. The fourth-order valence-corrected chi connectivity index (χ4v) is 6.99. The van der Waals surface area contributed by atoms with Crippen molar-refractivity contribution in [3.8, 4) is 0 Å². The summed E-state index contributed by atoms with van der Waals surface area (Å²) in [6.45, 7) is 1.43. The van der Waals surface area contributed by atoms with Crippen LogP contribution in [0.4, 0.5) is 10.5 Å². The second kappa shape index (κ2) is 9.65. The number of rotatable bonds is 5. The van der Waals surface area contributed by atoms with Gasteiger partial charge in [0.25, 0.3) is 17.5 Å². The molecule has 0 saturated carbocycles. The van der Waals surface area contributed by atoms with Gasteiger partial charge in [0.2, 0.25) is 5.79 Å². The van der Waals surface area contributed by atoms with Crippen molar-refractivity contribution < 1.29 is 29.6 Å². The minimum absolute atomic E-state index is 0.0176. The van der Waals surface area contributed by atoms with Crippen LogP contribution < -0.4 is 32.0 Å². The molecule has 9 N–H and O–H groups in total. The third-order valence-corrected chi connectivity index (χ3v) is 9.04. The van der Waals surface area contributed by atoms with E-state index in [-0.39, 0.29) is 31.6 Å². The van der Waals surface area contributed by atoms with Crippen molar-refractivity contribution in [1.29, 1.82) is 0 Å². The van der Waals surface area contributed by atoms with Crippen molar-refractivity contribution in [3.05, 3.63) is 77.9 Å². The Bertz CT molecular complexity index is 1770. The monoisotopic (exact) mass is 598 g/mol. The summed E-state index contributed by atoms with van der Waals surface area (Å²) in [6.07, 6.45) is 0. The van der Waals surface area contributed by atoms with Gasteiger partial charge in [-0.2, -0.15) is 0 Å². The lowest BCUT2D eigenvalue weighted by Gasteiger charge is -2.46. The van der Waals surface area contributed by atoms with Gasteiger partial charge < -0.3 is 21.3 Å². The fourth-order valence-electron chi connectivity index (χ4n) is 6.99. The number of hydrogen-bond acceptors (Lipinski definition) is 10. The van der Waals surface area contributed by atoms with Crippen LogP contribution in [-0.4, -0.2) is 99.0 Å². The number of amides is 4. The van der Waals surface area contributed by atoms with E-state index in [1.165, 1.54) is 9.80 Å². The van der Waals surface area contributed by atoms with Gasteiger partial charge in [-0.3, -0.25) is 35.0 Å². The normalized spacial score (nSPS) is 27.2. The van der Waals surface area contributed by atoms with Crippen molar-refractivity contribution in [2.45, 2.75) is 36.5 Å². The van der Waals surface area contributed by atoms with Crippen LogP contribution >= 0.6 is 0 Å². The molecule has 44 heavy (non-hydrogen) atoms. The van der Waals surface area contributed by atoms with E-state index in [2.05, 4.69) is 20.6 Å². The number of guanidine groups is 2. The quantitative estimate of drug-likeness (QED) is 0.122. The number of benzene rings is 3. The zero-order valence-corrected chi connectivity index (χ0v) is 23.8. The molecule has 0 aromatic heterocycles. The molecule has 3 aromatic carbocycles. The summed E-state index contributed by atoms with van der Waals surface area (Å²) < 4.78 is 0. The van der Waals surface area contributed by atoms with E-state index >= 15 is 0 Å². The molecule has 1 unspecified atom stereocenters. The first-order valence-corrected chi connectivity index (χ1v) is 14.2.